The van der Waals surface area contributed by atoms with E-state index in [1.54, 1.807) is 19.2 Å². The molecule has 8 heteroatoms. The van der Waals surface area contributed by atoms with Gasteiger partial charge in [-0.25, -0.2) is 5.43 Å². The van der Waals surface area contributed by atoms with Crippen molar-refractivity contribution in [2.24, 2.45) is 5.10 Å². The molecule has 7 nitrogen and oxygen atoms in total. The van der Waals surface area contributed by atoms with Gasteiger partial charge in [-0.2, -0.15) is 5.10 Å². The molecule has 2 aromatic rings. The summed E-state index contributed by atoms with van der Waals surface area (Å²) in [5.41, 5.74) is 4.20. The van der Waals surface area contributed by atoms with E-state index in [2.05, 4.69) is 10.5 Å². The summed E-state index contributed by atoms with van der Waals surface area (Å²) in [4.78, 5) is 21.9. The Hall–Kier alpha value is -2.87. The number of para-hydroxylation sites is 1. The van der Waals surface area contributed by atoms with Crippen molar-refractivity contribution < 1.29 is 14.5 Å². The van der Waals surface area contributed by atoms with Crippen LogP contribution in [0.5, 0.6) is 5.75 Å². The lowest BCUT2D eigenvalue weighted by atomic mass is 10.2. The predicted octanol–water partition coefficient (Wildman–Crippen LogP) is 2.99. The molecule has 0 fully saturated rings. The van der Waals surface area contributed by atoms with E-state index in [1.165, 1.54) is 30.1 Å². The maximum absolute atomic E-state index is 11.8. The molecule has 0 aliphatic heterocycles. The lowest BCUT2D eigenvalue weighted by Gasteiger charge is -2.03. The third-order valence-electron chi connectivity index (χ3n) is 3.18. The summed E-state index contributed by atoms with van der Waals surface area (Å²) in [5, 5.41) is 14.5. The fourth-order valence-corrected chi connectivity index (χ4v) is 2.73. The fraction of sp³-hybridized carbons (Fsp3) is 0.176. The van der Waals surface area contributed by atoms with E-state index in [0.717, 1.165) is 11.1 Å². The molecule has 0 aliphatic rings. The Morgan fingerprint density at radius 1 is 1.28 bits per heavy atom. The number of benzene rings is 2. The average Bonchev–Trinajstić information content (AvgIpc) is 2.62. The van der Waals surface area contributed by atoms with E-state index in [4.69, 9.17) is 4.74 Å². The van der Waals surface area contributed by atoms with Gasteiger partial charge in [0, 0.05) is 23.4 Å². The van der Waals surface area contributed by atoms with Crippen molar-refractivity contribution in [3.8, 4) is 5.75 Å². The molecule has 0 aliphatic carbocycles. The van der Waals surface area contributed by atoms with Crippen molar-refractivity contribution >= 4 is 29.6 Å². The number of non-ortho nitro benzene ring substituents is 1. The number of ether oxygens (including phenoxy) is 1. The van der Waals surface area contributed by atoms with Crippen molar-refractivity contribution in [3.63, 3.8) is 0 Å². The summed E-state index contributed by atoms with van der Waals surface area (Å²) in [6.45, 7) is 0. The Labute approximate surface area is 149 Å². The molecule has 0 aromatic heterocycles. The Morgan fingerprint density at radius 3 is 2.68 bits per heavy atom. The number of carbonyl (C=O) groups is 1. The molecule has 1 amide bonds. The van der Waals surface area contributed by atoms with Gasteiger partial charge in [0.1, 0.15) is 5.75 Å². The van der Waals surface area contributed by atoms with Crippen LogP contribution in [0.15, 0.2) is 53.6 Å². The summed E-state index contributed by atoms with van der Waals surface area (Å²) in [5.74, 6) is 1.27. The van der Waals surface area contributed by atoms with Crippen LogP contribution in [0, 0.1) is 10.1 Å². The van der Waals surface area contributed by atoms with Crippen LogP contribution < -0.4 is 10.2 Å². The first kappa shape index (κ1) is 18.5. The number of rotatable bonds is 8. The van der Waals surface area contributed by atoms with Gasteiger partial charge in [0.2, 0.25) is 5.91 Å². The molecule has 0 spiro atoms. The van der Waals surface area contributed by atoms with Crippen LogP contribution in [-0.2, 0) is 10.5 Å². The fourth-order valence-electron chi connectivity index (χ4n) is 1.95. The van der Waals surface area contributed by atoms with Gasteiger partial charge < -0.3 is 4.74 Å². The van der Waals surface area contributed by atoms with Crippen LogP contribution in [-0.4, -0.2) is 29.9 Å². The Bertz CT molecular complexity index is 763. The molecule has 0 unspecified atom stereocenters. The molecule has 0 saturated heterocycles. The highest BCUT2D eigenvalue weighted by molar-refractivity contribution is 7.99. The summed E-state index contributed by atoms with van der Waals surface area (Å²) < 4.78 is 5.19. The molecule has 2 aromatic carbocycles. The van der Waals surface area contributed by atoms with Gasteiger partial charge in [-0.05, 0) is 17.7 Å². The molecule has 1 N–H and O–H groups in total. The van der Waals surface area contributed by atoms with E-state index < -0.39 is 4.92 Å². The van der Waals surface area contributed by atoms with Crippen molar-refractivity contribution in [2.75, 3.05) is 12.9 Å². The zero-order chi connectivity index (χ0) is 18.1. The third kappa shape index (κ3) is 5.92. The van der Waals surface area contributed by atoms with E-state index >= 15 is 0 Å². The van der Waals surface area contributed by atoms with E-state index in [1.807, 2.05) is 24.3 Å². The minimum absolute atomic E-state index is 0.0529. The number of hydrogen-bond acceptors (Lipinski definition) is 6. The summed E-state index contributed by atoms with van der Waals surface area (Å²) in [7, 11) is 1.57. The number of carbonyl (C=O) groups excluding carboxylic acids is 1. The number of nitrogens with one attached hydrogen (secondary N) is 1. The SMILES string of the molecule is COc1ccccc1/C=N\NC(=O)CSCc1ccc([N+](=O)[O-])cc1. The zero-order valence-corrected chi connectivity index (χ0v) is 14.4. The average molecular weight is 359 g/mol. The Balaban J connectivity index is 1.75. The predicted molar refractivity (Wildman–Crippen MR) is 98.0 cm³/mol. The van der Waals surface area contributed by atoms with Gasteiger partial charge >= 0.3 is 0 Å². The van der Waals surface area contributed by atoms with Gasteiger partial charge in [0.15, 0.2) is 0 Å². The highest BCUT2D eigenvalue weighted by Crippen LogP contribution is 2.17. The largest absolute Gasteiger partial charge is 0.496 e. The molecule has 0 radical (unpaired) electrons. The van der Waals surface area contributed by atoms with Gasteiger partial charge in [-0.1, -0.05) is 24.3 Å². The van der Waals surface area contributed by atoms with Crippen LogP contribution in [0.25, 0.3) is 0 Å². The first-order valence-electron chi connectivity index (χ1n) is 7.36. The highest BCUT2D eigenvalue weighted by atomic mass is 32.2. The molecule has 0 saturated carbocycles. The number of hydrazone groups is 1. The maximum Gasteiger partial charge on any atom is 0.269 e. The lowest BCUT2D eigenvalue weighted by molar-refractivity contribution is -0.384. The molecule has 0 atom stereocenters. The van der Waals surface area contributed by atoms with Crippen molar-refractivity contribution in [2.45, 2.75) is 5.75 Å². The second kappa shape index (κ2) is 9.43. The maximum atomic E-state index is 11.8. The number of methoxy groups -OCH3 is 1. The van der Waals surface area contributed by atoms with Gasteiger partial charge in [-0.15, -0.1) is 11.8 Å². The summed E-state index contributed by atoms with van der Waals surface area (Å²) in [6, 6.07) is 13.6. The second-order valence-electron chi connectivity index (χ2n) is 4.95. The number of nitrogens with zero attached hydrogens (tertiary/aromatic N) is 2. The quantitative estimate of drug-likeness (QED) is 0.444. The van der Waals surface area contributed by atoms with E-state index in [9.17, 15) is 14.9 Å². The Kier molecular flexibility index (Phi) is 6.97. The van der Waals surface area contributed by atoms with Crippen LogP contribution in [0.4, 0.5) is 5.69 Å². The second-order valence-corrected chi connectivity index (χ2v) is 5.94. The molecule has 130 valence electrons. The lowest BCUT2D eigenvalue weighted by Crippen LogP contribution is -2.19. The molecular formula is C17H17N3O4S. The topological polar surface area (TPSA) is 93.8 Å². The zero-order valence-electron chi connectivity index (χ0n) is 13.5. The molecule has 2 rings (SSSR count). The number of amides is 1. The van der Waals surface area contributed by atoms with Crippen LogP contribution in [0.3, 0.4) is 0 Å². The van der Waals surface area contributed by atoms with Crippen molar-refractivity contribution in [1.29, 1.82) is 0 Å². The van der Waals surface area contributed by atoms with E-state index in [-0.39, 0.29) is 17.3 Å². The number of hydrogen-bond donors (Lipinski definition) is 1. The monoisotopic (exact) mass is 359 g/mol. The normalized spacial score (nSPS) is 10.6. The molecule has 0 heterocycles. The summed E-state index contributed by atoms with van der Waals surface area (Å²) in [6.07, 6.45) is 1.53. The minimum Gasteiger partial charge on any atom is -0.496 e. The smallest absolute Gasteiger partial charge is 0.269 e. The first-order valence-corrected chi connectivity index (χ1v) is 8.51. The van der Waals surface area contributed by atoms with Gasteiger partial charge in [0.05, 0.1) is 24.0 Å². The van der Waals surface area contributed by atoms with Crippen LogP contribution >= 0.6 is 11.8 Å². The Morgan fingerprint density at radius 2 is 2.00 bits per heavy atom. The number of thioether (sulfide) groups is 1. The van der Waals surface area contributed by atoms with Crippen LogP contribution in [0.1, 0.15) is 11.1 Å². The first-order chi connectivity index (χ1) is 12.1. The number of nitro groups is 1. The molecular weight excluding hydrogens is 342 g/mol. The van der Waals surface area contributed by atoms with Crippen LogP contribution in [0.2, 0.25) is 0 Å². The van der Waals surface area contributed by atoms with Crippen molar-refractivity contribution in [3.05, 3.63) is 69.8 Å². The molecule has 25 heavy (non-hydrogen) atoms. The van der Waals surface area contributed by atoms with Crippen molar-refractivity contribution in [1.82, 2.24) is 5.43 Å². The van der Waals surface area contributed by atoms with E-state index in [0.29, 0.717) is 11.5 Å². The summed E-state index contributed by atoms with van der Waals surface area (Å²) >= 11 is 1.40. The standard InChI is InChI=1S/C17H17N3O4S/c1-24-16-5-3-2-4-14(16)10-18-19-17(21)12-25-11-13-6-8-15(9-7-13)20(22)23/h2-10H,11-12H2,1H3,(H,19,21)/b18-10-. The number of nitro benzene ring substituents is 1. The third-order valence-corrected chi connectivity index (χ3v) is 4.18. The van der Waals surface area contributed by atoms with Gasteiger partial charge in [0.25, 0.3) is 5.69 Å². The highest BCUT2D eigenvalue weighted by Gasteiger charge is 2.05. The van der Waals surface area contributed by atoms with Gasteiger partial charge in [-0.3, -0.25) is 14.9 Å². The minimum atomic E-state index is -0.440. The molecule has 0 bridgehead atoms.